The molecule has 0 saturated carbocycles. The zero-order valence-corrected chi connectivity index (χ0v) is 18.2. The Balaban J connectivity index is 3.09. The Labute approximate surface area is 151 Å². The molecule has 128 valence electrons. The minimum atomic E-state index is 0.197. The van der Waals surface area contributed by atoms with Gasteiger partial charge < -0.3 is 0 Å². The van der Waals surface area contributed by atoms with Gasteiger partial charge in [-0.3, -0.25) is 0 Å². The van der Waals surface area contributed by atoms with E-state index in [1.807, 2.05) is 0 Å². The van der Waals surface area contributed by atoms with Crippen LogP contribution >= 0.6 is 34.8 Å². The maximum atomic E-state index is 6.26. The van der Waals surface area contributed by atoms with Gasteiger partial charge in [-0.2, -0.15) is 0 Å². The molecule has 0 aliphatic carbocycles. The van der Waals surface area contributed by atoms with Crippen molar-refractivity contribution in [1.82, 2.24) is 0 Å². The van der Waals surface area contributed by atoms with Gasteiger partial charge in [0, 0.05) is 26.9 Å². The molecule has 0 fully saturated rings. The Hall–Kier alpha value is 1.09. The lowest BCUT2D eigenvalue weighted by Crippen LogP contribution is -2.14. The first-order valence-electron chi connectivity index (χ1n) is 9.06. The monoisotopic (exact) mass is 372 g/mol. The van der Waals surface area contributed by atoms with Crippen LogP contribution in [0.5, 0.6) is 0 Å². The molecular formula is C17H35Cl3Si. The zero-order chi connectivity index (χ0) is 15.8. The Morgan fingerprint density at radius 3 is 1.33 bits per heavy atom. The van der Waals surface area contributed by atoms with Crippen LogP contribution in [0.1, 0.15) is 83.5 Å². The fourth-order valence-corrected chi connectivity index (χ4v) is 4.15. The Morgan fingerprint density at radius 2 is 0.952 bits per heavy atom. The average molecular weight is 374 g/mol. The molecule has 0 radical (unpaired) electrons. The summed E-state index contributed by atoms with van der Waals surface area (Å²) in [6, 6.07) is 1.11. The summed E-state index contributed by atoms with van der Waals surface area (Å²) in [5, 5.41) is 0.408. The Kier molecular flexibility index (Phi) is 18.3. The molecule has 0 aromatic carbocycles. The van der Waals surface area contributed by atoms with Crippen LogP contribution in [0.4, 0.5) is 0 Å². The van der Waals surface area contributed by atoms with Crippen molar-refractivity contribution in [3.8, 4) is 0 Å². The molecule has 4 heteroatoms. The van der Waals surface area contributed by atoms with Crippen LogP contribution in [0.15, 0.2) is 0 Å². The molecule has 0 aliphatic heterocycles. The number of alkyl halides is 3. The van der Waals surface area contributed by atoms with Crippen LogP contribution in [0.3, 0.4) is 0 Å². The topological polar surface area (TPSA) is 0 Å². The minimum absolute atomic E-state index is 0.197. The fraction of sp³-hybridized carbons (Fsp3) is 1.00. The van der Waals surface area contributed by atoms with E-state index in [-0.39, 0.29) is 10.8 Å². The molecule has 0 spiro atoms. The third-order valence-corrected chi connectivity index (χ3v) is 7.07. The van der Waals surface area contributed by atoms with Crippen LogP contribution in [-0.2, 0) is 0 Å². The third kappa shape index (κ3) is 15.7. The van der Waals surface area contributed by atoms with Gasteiger partial charge in [-0.1, -0.05) is 70.6 Å². The third-order valence-electron chi connectivity index (χ3n) is 4.15. The summed E-state index contributed by atoms with van der Waals surface area (Å²) in [6.45, 7) is 0. The van der Waals surface area contributed by atoms with E-state index in [2.05, 4.69) is 0 Å². The van der Waals surface area contributed by atoms with Crippen molar-refractivity contribution in [3.63, 3.8) is 0 Å². The first-order chi connectivity index (χ1) is 10.2. The van der Waals surface area contributed by atoms with Crippen LogP contribution in [0.25, 0.3) is 0 Å². The highest BCUT2D eigenvalue weighted by Gasteiger charge is 2.13. The molecule has 0 rings (SSSR count). The van der Waals surface area contributed by atoms with Gasteiger partial charge in [0.1, 0.15) is 0 Å². The molecule has 2 atom stereocenters. The summed E-state index contributed by atoms with van der Waals surface area (Å²) in [4.78, 5) is 0. The quantitative estimate of drug-likeness (QED) is 0.169. The van der Waals surface area contributed by atoms with Crippen molar-refractivity contribution in [1.29, 1.82) is 0 Å². The van der Waals surface area contributed by atoms with E-state index in [0.717, 1.165) is 28.6 Å². The molecule has 0 aliphatic rings. The standard InChI is InChI=1S/C17H35Cl3Si/c18-14-12-10-8-6-4-2-1-3-5-7-9-11-13-16(19)17(20)15-21/h16-17H,1-15H2,21H3. The van der Waals surface area contributed by atoms with Gasteiger partial charge in [-0.15, -0.1) is 34.8 Å². The highest BCUT2D eigenvalue weighted by atomic mass is 35.5. The van der Waals surface area contributed by atoms with Gasteiger partial charge in [-0.25, -0.2) is 0 Å². The maximum absolute atomic E-state index is 6.26. The zero-order valence-electron chi connectivity index (χ0n) is 13.9. The molecule has 2 unspecified atom stereocenters. The second-order valence-electron chi connectivity index (χ2n) is 6.16. The molecule has 0 heterocycles. The molecule has 0 amide bonds. The van der Waals surface area contributed by atoms with Crippen molar-refractivity contribution in [2.24, 2.45) is 0 Å². The van der Waals surface area contributed by atoms with Gasteiger partial charge in [0.05, 0.1) is 0 Å². The van der Waals surface area contributed by atoms with E-state index in [1.165, 1.54) is 77.0 Å². The van der Waals surface area contributed by atoms with Crippen LogP contribution in [0.2, 0.25) is 6.04 Å². The number of halogens is 3. The first kappa shape index (κ1) is 22.1. The van der Waals surface area contributed by atoms with E-state index in [1.54, 1.807) is 0 Å². The minimum Gasteiger partial charge on any atom is -0.127 e. The summed E-state index contributed by atoms with van der Waals surface area (Å²) < 4.78 is 0. The van der Waals surface area contributed by atoms with Crippen molar-refractivity contribution < 1.29 is 0 Å². The molecule has 21 heavy (non-hydrogen) atoms. The van der Waals surface area contributed by atoms with Gasteiger partial charge in [0.2, 0.25) is 0 Å². The molecular weight excluding hydrogens is 339 g/mol. The van der Waals surface area contributed by atoms with Crippen molar-refractivity contribution in [2.45, 2.75) is 100 Å². The number of hydrogen-bond acceptors (Lipinski definition) is 0. The van der Waals surface area contributed by atoms with Crippen molar-refractivity contribution in [3.05, 3.63) is 0 Å². The van der Waals surface area contributed by atoms with Gasteiger partial charge >= 0.3 is 0 Å². The Bertz CT molecular complexity index is 202. The van der Waals surface area contributed by atoms with E-state index >= 15 is 0 Å². The smallest absolute Gasteiger partial charge is 0.0496 e. The predicted molar refractivity (Wildman–Crippen MR) is 105 cm³/mol. The number of unbranched alkanes of at least 4 members (excludes halogenated alkanes) is 11. The SMILES string of the molecule is [SiH3]CC(Cl)C(Cl)CCCCCCCCCCCCCCCl. The predicted octanol–water partition coefficient (Wildman–Crippen LogP) is 6.30. The highest BCUT2D eigenvalue weighted by Crippen LogP contribution is 2.20. The summed E-state index contributed by atoms with van der Waals surface area (Å²) in [5.74, 6) is 0.830. The number of hydrogen-bond donors (Lipinski definition) is 0. The fourth-order valence-electron chi connectivity index (χ4n) is 2.64. The maximum Gasteiger partial charge on any atom is 0.0496 e. The van der Waals surface area contributed by atoms with Crippen LogP contribution in [-0.4, -0.2) is 26.9 Å². The highest BCUT2D eigenvalue weighted by molar-refractivity contribution is 6.32. The molecule has 0 N–H and O–H groups in total. The average Bonchev–Trinajstić information content (AvgIpc) is 2.50. The first-order valence-corrected chi connectivity index (χ1v) is 11.9. The van der Waals surface area contributed by atoms with E-state index in [0.29, 0.717) is 0 Å². The summed E-state index contributed by atoms with van der Waals surface area (Å²) >= 11 is 18.1. The second kappa shape index (κ2) is 17.4. The van der Waals surface area contributed by atoms with E-state index in [4.69, 9.17) is 34.8 Å². The molecule has 0 nitrogen and oxygen atoms in total. The summed E-state index contributed by atoms with van der Waals surface area (Å²) in [5.41, 5.74) is 0. The molecule has 0 bridgehead atoms. The van der Waals surface area contributed by atoms with Crippen LogP contribution in [0, 0.1) is 0 Å². The lowest BCUT2D eigenvalue weighted by Gasteiger charge is -2.13. The largest absolute Gasteiger partial charge is 0.127 e. The van der Waals surface area contributed by atoms with Crippen LogP contribution < -0.4 is 0 Å². The second-order valence-corrected chi connectivity index (χ2v) is 8.48. The van der Waals surface area contributed by atoms with Gasteiger partial charge in [0.15, 0.2) is 0 Å². The van der Waals surface area contributed by atoms with Crippen molar-refractivity contribution >= 4 is 45.0 Å². The molecule has 0 aromatic rings. The van der Waals surface area contributed by atoms with E-state index in [9.17, 15) is 0 Å². The Morgan fingerprint density at radius 1 is 0.571 bits per heavy atom. The molecule has 0 saturated heterocycles. The van der Waals surface area contributed by atoms with Gasteiger partial charge in [-0.05, 0) is 18.9 Å². The lowest BCUT2D eigenvalue weighted by atomic mass is 10.0. The lowest BCUT2D eigenvalue weighted by molar-refractivity contribution is 0.536. The number of rotatable bonds is 16. The van der Waals surface area contributed by atoms with Gasteiger partial charge in [0.25, 0.3) is 0 Å². The molecule has 0 aromatic heterocycles. The van der Waals surface area contributed by atoms with Crippen molar-refractivity contribution in [2.75, 3.05) is 5.88 Å². The normalized spacial score (nSPS) is 14.4. The summed E-state index contributed by atoms with van der Waals surface area (Å²) in [6.07, 6.45) is 17.4. The van der Waals surface area contributed by atoms with E-state index < -0.39 is 0 Å². The summed E-state index contributed by atoms with van der Waals surface area (Å²) in [7, 11) is 1.16.